The van der Waals surface area contributed by atoms with Crippen LogP contribution in [0.25, 0.3) is 10.8 Å². The van der Waals surface area contributed by atoms with E-state index < -0.39 is 0 Å². The number of aromatic nitrogens is 1. The van der Waals surface area contributed by atoms with E-state index >= 15 is 0 Å². The van der Waals surface area contributed by atoms with Crippen LogP contribution in [0.15, 0.2) is 63.8 Å². The SMILES string of the molecule is Brc1ccc(Br)c(NCc2ccc3cnccc3c2)c1. The molecule has 3 rings (SSSR count). The van der Waals surface area contributed by atoms with Gasteiger partial charge in [0.15, 0.2) is 0 Å². The fraction of sp³-hybridized carbons (Fsp3) is 0.0625. The molecule has 0 aliphatic heterocycles. The van der Waals surface area contributed by atoms with Crippen LogP contribution in [-0.2, 0) is 6.54 Å². The number of hydrogen-bond donors (Lipinski definition) is 1. The van der Waals surface area contributed by atoms with Gasteiger partial charge in [0.1, 0.15) is 0 Å². The van der Waals surface area contributed by atoms with Crippen LogP contribution in [-0.4, -0.2) is 4.98 Å². The zero-order valence-electron chi connectivity index (χ0n) is 10.6. The Bertz CT molecular complexity index is 756. The second kappa shape index (κ2) is 5.94. The van der Waals surface area contributed by atoms with Gasteiger partial charge in [0, 0.05) is 39.0 Å². The molecule has 0 unspecified atom stereocenters. The lowest BCUT2D eigenvalue weighted by atomic mass is 10.1. The third-order valence-corrected chi connectivity index (χ3v) is 4.30. The zero-order valence-corrected chi connectivity index (χ0v) is 13.8. The van der Waals surface area contributed by atoms with Gasteiger partial charge in [-0.1, -0.05) is 28.1 Å². The van der Waals surface area contributed by atoms with Crippen molar-refractivity contribution in [2.24, 2.45) is 0 Å². The average molecular weight is 392 g/mol. The van der Waals surface area contributed by atoms with Crippen molar-refractivity contribution in [3.8, 4) is 0 Å². The maximum absolute atomic E-state index is 4.13. The van der Waals surface area contributed by atoms with Crippen LogP contribution in [0.5, 0.6) is 0 Å². The number of halogens is 2. The van der Waals surface area contributed by atoms with Crippen LogP contribution in [0, 0.1) is 0 Å². The fourth-order valence-corrected chi connectivity index (χ4v) is 2.82. The van der Waals surface area contributed by atoms with Crippen LogP contribution in [0.2, 0.25) is 0 Å². The molecule has 2 aromatic carbocycles. The van der Waals surface area contributed by atoms with Gasteiger partial charge in [0.05, 0.1) is 0 Å². The summed E-state index contributed by atoms with van der Waals surface area (Å²) in [5, 5.41) is 5.82. The van der Waals surface area contributed by atoms with E-state index in [1.165, 1.54) is 16.3 Å². The Hall–Kier alpha value is -1.39. The van der Waals surface area contributed by atoms with Crippen LogP contribution in [0.3, 0.4) is 0 Å². The van der Waals surface area contributed by atoms with E-state index in [-0.39, 0.29) is 0 Å². The summed E-state index contributed by atoms with van der Waals surface area (Å²) in [6, 6.07) is 14.6. The number of pyridine rings is 1. The zero-order chi connectivity index (χ0) is 13.9. The maximum Gasteiger partial charge on any atom is 0.0498 e. The van der Waals surface area contributed by atoms with Gasteiger partial charge in [-0.3, -0.25) is 4.98 Å². The lowest BCUT2D eigenvalue weighted by Crippen LogP contribution is -2.00. The van der Waals surface area contributed by atoms with Crippen molar-refractivity contribution >= 4 is 48.3 Å². The number of nitrogens with zero attached hydrogens (tertiary/aromatic N) is 1. The Morgan fingerprint density at radius 3 is 2.75 bits per heavy atom. The number of fused-ring (bicyclic) bond motifs is 1. The van der Waals surface area contributed by atoms with E-state index in [4.69, 9.17) is 0 Å². The highest BCUT2D eigenvalue weighted by Gasteiger charge is 2.01. The van der Waals surface area contributed by atoms with E-state index in [1.807, 2.05) is 30.6 Å². The van der Waals surface area contributed by atoms with Crippen molar-refractivity contribution in [2.45, 2.75) is 6.54 Å². The van der Waals surface area contributed by atoms with Gasteiger partial charge in [-0.05, 0) is 57.2 Å². The van der Waals surface area contributed by atoms with Crippen molar-refractivity contribution < 1.29 is 0 Å². The van der Waals surface area contributed by atoms with E-state index in [0.717, 1.165) is 21.2 Å². The molecule has 100 valence electrons. The van der Waals surface area contributed by atoms with E-state index in [9.17, 15) is 0 Å². The minimum Gasteiger partial charge on any atom is -0.380 e. The largest absolute Gasteiger partial charge is 0.380 e. The minimum absolute atomic E-state index is 0.785. The first-order chi connectivity index (χ1) is 9.72. The number of hydrogen-bond acceptors (Lipinski definition) is 2. The van der Waals surface area contributed by atoms with Crippen LogP contribution in [0.1, 0.15) is 5.56 Å². The van der Waals surface area contributed by atoms with E-state index in [1.54, 1.807) is 0 Å². The van der Waals surface area contributed by atoms with Crippen LogP contribution < -0.4 is 5.32 Å². The summed E-state index contributed by atoms with van der Waals surface area (Å²) in [5.41, 5.74) is 2.32. The molecule has 20 heavy (non-hydrogen) atoms. The molecular formula is C16H12Br2N2. The highest BCUT2D eigenvalue weighted by molar-refractivity contribution is 9.11. The Morgan fingerprint density at radius 2 is 1.85 bits per heavy atom. The Kier molecular flexibility index (Phi) is 4.03. The van der Waals surface area contributed by atoms with Gasteiger partial charge in [-0.15, -0.1) is 0 Å². The van der Waals surface area contributed by atoms with Gasteiger partial charge in [0.2, 0.25) is 0 Å². The molecule has 0 fully saturated rings. The molecule has 0 aliphatic carbocycles. The second-order valence-electron chi connectivity index (χ2n) is 4.53. The fourth-order valence-electron chi connectivity index (χ4n) is 2.07. The van der Waals surface area contributed by atoms with Gasteiger partial charge in [0.25, 0.3) is 0 Å². The Morgan fingerprint density at radius 1 is 0.950 bits per heavy atom. The molecule has 1 aromatic heterocycles. The highest BCUT2D eigenvalue weighted by Crippen LogP contribution is 2.26. The van der Waals surface area contributed by atoms with Crippen molar-refractivity contribution in [1.29, 1.82) is 0 Å². The topological polar surface area (TPSA) is 24.9 Å². The molecule has 1 heterocycles. The summed E-state index contributed by atoms with van der Waals surface area (Å²) >= 11 is 7.04. The molecule has 0 saturated heterocycles. The molecule has 0 spiro atoms. The average Bonchev–Trinajstić information content (AvgIpc) is 2.48. The van der Waals surface area contributed by atoms with E-state index in [0.29, 0.717) is 0 Å². The number of benzene rings is 2. The molecule has 2 nitrogen and oxygen atoms in total. The summed E-state index contributed by atoms with van der Waals surface area (Å²) in [4.78, 5) is 4.13. The highest BCUT2D eigenvalue weighted by atomic mass is 79.9. The summed E-state index contributed by atoms with van der Waals surface area (Å²) in [5.74, 6) is 0. The van der Waals surface area contributed by atoms with Crippen molar-refractivity contribution in [2.75, 3.05) is 5.32 Å². The molecule has 0 aliphatic rings. The quantitative estimate of drug-likeness (QED) is 0.648. The predicted molar refractivity (Wildman–Crippen MR) is 90.9 cm³/mol. The van der Waals surface area contributed by atoms with Gasteiger partial charge in [-0.2, -0.15) is 0 Å². The van der Waals surface area contributed by atoms with Crippen LogP contribution >= 0.6 is 31.9 Å². The summed E-state index contributed by atoms with van der Waals surface area (Å²) in [6.45, 7) is 0.785. The van der Waals surface area contributed by atoms with Crippen molar-refractivity contribution in [1.82, 2.24) is 4.98 Å². The Balaban J connectivity index is 1.81. The van der Waals surface area contributed by atoms with E-state index in [2.05, 4.69) is 66.4 Å². The monoisotopic (exact) mass is 390 g/mol. The van der Waals surface area contributed by atoms with Crippen LogP contribution in [0.4, 0.5) is 5.69 Å². The molecule has 0 radical (unpaired) electrons. The molecule has 0 bridgehead atoms. The first-order valence-electron chi connectivity index (χ1n) is 6.24. The number of anilines is 1. The molecule has 0 saturated carbocycles. The van der Waals surface area contributed by atoms with Gasteiger partial charge >= 0.3 is 0 Å². The van der Waals surface area contributed by atoms with Crippen molar-refractivity contribution in [3.05, 3.63) is 69.4 Å². The predicted octanol–water partition coefficient (Wildman–Crippen LogP) is 5.37. The van der Waals surface area contributed by atoms with Gasteiger partial charge in [-0.25, -0.2) is 0 Å². The third kappa shape index (κ3) is 3.02. The molecule has 4 heteroatoms. The number of rotatable bonds is 3. The minimum atomic E-state index is 0.785. The summed E-state index contributed by atoms with van der Waals surface area (Å²) in [6.07, 6.45) is 3.71. The molecular weight excluding hydrogens is 380 g/mol. The molecule has 3 aromatic rings. The molecule has 0 atom stereocenters. The third-order valence-electron chi connectivity index (χ3n) is 3.12. The van der Waals surface area contributed by atoms with Gasteiger partial charge < -0.3 is 5.32 Å². The molecule has 1 N–H and O–H groups in total. The lowest BCUT2D eigenvalue weighted by Gasteiger charge is -2.10. The smallest absolute Gasteiger partial charge is 0.0498 e. The normalized spacial score (nSPS) is 10.7. The lowest BCUT2D eigenvalue weighted by molar-refractivity contribution is 1.15. The first-order valence-corrected chi connectivity index (χ1v) is 7.82. The number of nitrogens with one attached hydrogen (secondary N) is 1. The summed E-state index contributed by atoms with van der Waals surface area (Å²) in [7, 11) is 0. The van der Waals surface area contributed by atoms with Crippen molar-refractivity contribution in [3.63, 3.8) is 0 Å². The maximum atomic E-state index is 4.13. The standard InChI is InChI=1S/C16H12Br2N2/c17-14-3-4-15(18)16(8-14)20-9-11-1-2-13-10-19-6-5-12(13)7-11/h1-8,10,20H,9H2. The molecule has 0 amide bonds. The summed E-state index contributed by atoms with van der Waals surface area (Å²) < 4.78 is 2.12. The Labute approximate surface area is 134 Å². The first kappa shape index (κ1) is 13.6. The second-order valence-corrected chi connectivity index (χ2v) is 6.30.